The molecule has 0 bridgehead atoms. The molecule has 0 spiro atoms. The van der Waals surface area contributed by atoms with Crippen LogP contribution in [0.4, 0.5) is 5.69 Å². The van der Waals surface area contributed by atoms with Gasteiger partial charge in [0.1, 0.15) is 11.6 Å². The van der Waals surface area contributed by atoms with E-state index in [0.29, 0.717) is 12.6 Å². The summed E-state index contributed by atoms with van der Waals surface area (Å²) >= 11 is 0. The van der Waals surface area contributed by atoms with Gasteiger partial charge >= 0.3 is 0 Å². The Balaban J connectivity index is 1.57. The lowest BCUT2D eigenvalue weighted by molar-refractivity contribution is 0.128. The lowest BCUT2D eigenvalue weighted by Crippen LogP contribution is -2.46. The molecule has 0 fully saturated rings. The molecule has 4 rings (SSSR count). The normalized spacial score (nSPS) is 14.4. The highest BCUT2D eigenvalue weighted by molar-refractivity contribution is 5.89. The van der Waals surface area contributed by atoms with Gasteiger partial charge in [0.15, 0.2) is 6.73 Å². The van der Waals surface area contributed by atoms with E-state index in [1.54, 1.807) is 0 Å². The van der Waals surface area contributed by atoms with Gasteiger partial charge in [-0.2, -0.15) is 0 Å². The molecule has 50 heavy (non-hydrogen) atoms. The Bertz CT molecular complexity index is 1610. The molecular formula is C42H63N7O. The summed E-state index contributed by atoms with van der Waals surface area (Å²) in [6, 6.07) is 13.1. The largest absolute Gasteiger partial charge is 0.473 e. The number of ether oxygens (including phenoxy) is 1. The molecule has 272 valence electrons. The minimum absolute atomic E-state index is 0.101. The molecule has 0 unspecified atom stereocenters. The Morgan fingerprint density at radius 3 is 2.56 bits per heavy atom. The third kappa shape index (κ3) is 10.4. The van der Waals surface area contributed by atoms with Crippen molar-refractivity contribution in [2.75, 3.05) is 38.9 Å². The van der Waals surface area contributed by atoms with Crippen LogP contribution in [0, 0.1) is 5.92 Å². The van der Waals surface area contributed by atoms with Crippen LogP contribution in [0.15, 0.2) is 61.1 Å². The number of rotatable bonds is 17. The van der Waals surface area contributed by atoms with E-state index >= 15 is 0 Å². The fourth-order valence-corrected chi connectivity index (χ4v) is 6.38. The van der Waals surface area contributed by atoms with Crippen molar-refractivity contribution in [3.05, 3.63) is 83.6 Å². The molecule has 1 aliphatic rings. The summed E-state index contributed by atoms with van der Waals surface area (Å²) in [7, 11) is 1.98. The fraction of sp³-hybridized carbons (Fsp3) is 0.500. The van der Waals surface area contributed by atoms with Crippen molar-refractivity contribution in [3.8, 4) is 17.0 Å². The maximum absolute atomic E-state index is 6.42. The minimum atomic E-state index is 0.101. The highest BCUT2D eigenvalue weighted by Gasteiger charge is 2.20. The van der Waals surface area contributed by atoms with Crippen LogP contribution in [0.2, 0.25) is 0 Å². The van der Waals surface area contributed by atoms with Crippen LogP contribution in [-0.4, -0.2) is 58.8 Å². The average molecular weight is 682 g/mol. The molecule has 2 aromatic carbocycles. The van der Waals surface area contributed by atoms with E-state index in [0.717, 1.165) is 96.5 Å². The van der Waals surface area contributed by atoms with E-state index in [2.05, 4.69) is 141 Å². The zero-order valence-electron chi connectivity index (χ0n) is 32.3. The molecule has 0 radical (unpaired) electrons. The van der Waals surface area contributed by atoms with Crippen molar-refractivity contribution in [1.29, 1.82) is 0 Å². The van der Waals surface area contributed by atoms with E-state index in [9.17, 15) is 0 Å². The van der Waals surface area contributed by atoms with E-state index < -0.39 is 0 Å². The van der Waals surface area contributed by atoms with E-state index in [-0.39, 0.29) is 5.54 Å². The predicted octanol–water partition coefficient (Wildman–Crippen LogP) is 9.53. The summed E-state index contributed by atoms with van der Waals surface area (Å²) in [6.07, 6.45) is 11.6. The summed E-state index contributed by atoms with van der Waals surface area (Å²) in [5.41, 5.74) is 9.99. The van der Waals surface area contributed by atoms with E-state index in [1.807, 2.05) is 13.2 Å². The Hall–Kier alpha value is -4.17. The Kier molecular flexibility index (Phi) is 14.0. The molecular weight excluding hydrogens is 619 g/mol. The molecule has 0 amide bonds. The quantitative estimate of drug-likeness (QED) is 0.106. The van der Waals surface area contributed by atoms with Crippen LogP contribution in [-0.2, 0) is 6.54 Å². The fourth-order valence-electron chi connectivity index (χ4n) is 6.38. The van der Waals surface area contributed by atoms with Crippen LogP contribution in [0.5, 0.6) is 5.75 Å². The Morgan fingerprint density at radius 2 is 1.88 bits per heavy atom. The first-order chi connectivity index (χ1) is 24.0. The number of fused-ring (bicyclic) bond motifs is 2. The van der Waals surface area contributed by atoms with Gasteiger partial charge in [-0.3, -0.25) is 4.90 Å². The summed E-state index contributed by atoms with van der Waals surface area (Å²) in [5, 5.41) is 10.5. The van der Waals surface area contributed by atoms with Crippen LogP contribution < -0.4 is 20.7 Å². The number of hydrogen-bond donors (Lipinski definition) is 4. The summed E-state index contributed by atoms with van der Waals surface area (Å²) in [4.78, 5) is 13.2. The zero-order valence-corrected chi connectivity index (χ0v) is 32.3. The number of nitrogens with one attached hydrogen (secondary N) is 4. The topological polar surface area (TPSA) is 80.5 Å². The SMILES string of the molecule is C=C(CC(C)C)N(CCC)Cc1ncc(-c2ccc3c(c2)OCNc2ccc(/C(=C/NCN(CCCC)C(C)(C)C)NC)cc2/C=C/3CC)[nH]1. The Morgan fingerprint density at radius 1 is 1.08 bits per heavy atom. The first-order valence-corrected chi connectivity index (χ1v) is 18.7. The molecule has 1 aliphatic heterocycles. The third-order valence-electron chi connectivity index (χ3n) is 9.28. The number of nitrogens with zero attached hydrogens (tertiary/aromatic N) is 3. The minimum Gasteiger partial charge on any atom is -0.473 e. The van der Waals surface area contributed by atoms with Gasteiger partial charge in [-0.25, -0.2) is 4.98 Å². The van der Waals surface area contributed by atoms with E-state index in [1.165, 1.54) is 24.1 Å². The lowest BCUT2D eigenvalue weighted by Gasteiger charge is -2.35. The molecule has 8 heteroatoms. The molecule has 0 saturated heterocycles. The standard InChI is InChI=1S/C42H63N7O/c1-11-14-20-49(42(7,8)9)28-44-25-38(43-10)33-16-18-37-35(23-33)22-32(13-3)36-17-15-34(24-40(36)50-29-46-37)39-26-45-41(47-39)27-48(19-12-2)31(6)21-30(4)5/h15-18,22-26,30,43-44,46H,6,11-14,19-21,27-29H2,1-5,7-10H3,(H,45,47)/b32-22+,38-25-. The first kappa shape index (κ1) is 38.6. The molecule has 8 nitrogen and oxygen atoms in total. The molecule has 0 atom stereocenters. The molecule has 3 aromatic rings. The number of aromatic amines is 1. The molecule has 4 N–H and O–H groups in total. The summed E-state index contributed by atoms with van der Waals surface area (Å²) in [6.45, 7) is 26.3. The highest BCUT2D eigenvalue weighted by atomic mass is 16.5. The number of benzene rings is 2. The Labute approximate surface area is 302 Å². The lowest BCUT2D eigenvalue weighted by atomic mass is 9.96. The highest BCUT2D eigenvalue weighted by Crippen LogP contribution is 2.36. The third-order valence-corrected chi connectivity index (χ3v) is 9.28. The van der Waals surface area contributed by atoms with Crippen molar-refractivity contribution in [3.63, 3.8) is 0 Å². The smallest absolute Gasteiger partial charge is 0.159 e. The number of imidazole rings is 1. The summed E-state index contributed by atoms with van der Waals surface area (Å²) in [5.74, 6) is 2.37. The van der Waals surface area contributed by atoms with Gasteiger partial charge in [-0.05, 0) is 93.3 Å². The average Bonchev–Trinajstić information content (AvgIpc) is 3.57. The van der Waals surface area contributed by atoms with Crippen molar-refractivity contribution < 1.29 is 4.74 Å². The number of anilines is 1. The maximum Gasteiger partial charge on any atom is 0.159 e. The van der Waals surface area contributed by atoms with Crippen LogP contribution in [0.3, 0.4) is 0 Å². The van der Waals surface area contributed by atoms with Gasteiger partial charge in [0.05, 0.1) is 30.8 Å². The number of allylic oxidation sites excluding steroid dienone is 2. The molecule has 0 saturated carbocycles. The number of unbranched alkanes of at least 4 members (excludes halogenated alkanes) is 1. The zero-order chi connectivity index (χ0) is 36.3. The maximum atomic E-state index is 6.42. The van der Waals surface area contributed by atoms with E-state index in [4.69, 9.17) is 9.72 Å². The number of H-pyrrole nitrogens is 1. The first-order valence-electron chi connectivity index (χ1n) is 18.7. The van der Waals surface area contributed by atoms with Gasteiger partial charge in [0.2, 0.25) is 0 Å². The van der Waals surface area contributed by atoms with Crippen molar-refractivity contribution in [2.45, 2.75) is 99.6 Å². The van der Waals surface area contributed by atoms with Gasteiger partial charge in [-0.15, -0.1) is 0 Å². The predicted molar refractivity (Wildman–Crippen MR) is 213 cm³/mol. The molecule has 1 aromatic heterocycles. The van der Waals surface area contributed by atoms with Gasteiger partial charge in [-0.1, -0.05) is 65.8 Å². The second-order valence-electron chi connectivity index (χ2n) is 14.8. The van der Waals surface area contributed by atoms with Gasteiger partial charge in [0, 0.05) is 54.4 Å². The molecule has 0 aliphatic carbocycles. The van der Waals surface area contributed by atoms with Crippen LogP contribution in [0.25, 0.3) is 28.6 Å². The second-order valence-corrected chi connectivity index (χ2v) is 14.8. The van der Waals surface area contributed by atoms with Crippen molar-refractivity contribution in [1.82, 2.24) is 30.4 Å². The monoisotopic (exact) mass is 682 g/mol. The van der Waals surface area contributed by atoms with Gasteiger partial charge < -0.3 is 30.6 Å². The number of aromatic nitrogens is 2. The second kappa shape index (κ2) is 18.2. The summed E-state index contributed by atoms with van der Waals surface area (Å²) < 4.78 is 6.42. The van der Waals surface area contributed by atoms with Crippen molar-refractivity contribution >= 4 is 23.0 Å². The van der Waals surface area contributed by atoms with Crippen LogP contribution in [0.1, 0.15) is 110 Å². The molecule has 2 heterocycles. The number of hydrogen-bond acceptors (Lipinski definition) is 7. The van der Waals surface area contributed by atoms with Gasteiger partial charge in [0.25, 0.3) is 0 Å². The van der Waals surface area contributed by atoms with Crippen molar-refractivity contribution in [2.24, 2.45) is 5.92 Å². The van der Waals surface area contributed by atoms with Crippen LogP contribution >= 0.6 is 0 Å².